The molecule has 0 unspecified atom stereocenters. The average molecular weight is 424 g/mol. The number of aliphatic imine (C=N–C) groups is 1. The number of thiazole rings is 1. The van der Waals surface area contributed by atoms with E-state index in [9.17, 15) is 9.18 Å². The number of hydrogen-bond acceptors (Lipinski definition) is 5. The van der Waals surface area contributed by atoms with E-state index in [-0.39, 0.29) is 11.7 Å². The lowest BCUT2D eigenvalue weighted by Gasteiger charge is -2.37. The van der Waals surface area contributed by atoms with Gasteiger partial charge in [-0.2, -0.15) is 0 Å². The number of pyridine rings is 1. The SMILES string of the molecule is C=C1CN(C(=O)c2ccc(F)cc2)CCN1C(=NC)c1nc2cnc(CC)cc2s1. The maximum absolute atomic E-state index is 13.1. The third-order valence-corrected chi connectivity index (χ3v) is 6.09. The number of hydrogen-bond donors (Lipinski definition) is 0. The molecule has 1 amide bonds. The monoisotopic (exact) mass is 423 g/mol. The predicted molar refractivity (Wildman–Crippen MR) is 117 cm³/mol. The van der Waals surface area contributed by atoms with Crippen LogP contribution in [0.25, 0.3) is 10.2 Å². The van der Waals surface area contributed by atoms with Crippen LogP contribution in [0.2, 0.25) is 0 Å². The van der Waals surface area contributed by atoms with Crippen LogP contribution in [0.15, 0.2) is 53.8 Å². The fourth-order valence-electron chi connectivity index (χ4n) is 3.46. The van der Waals surface area contributed by atoms with Crippen molar-refractivity contribution in [1.29, 1.82) is 0 Å². The maximum atomic E-state index is 13.1. The minimum Gasteiger partial charge on any atom is -0.331 e. The van der Waals surface area contributed by atoms with E-state index in [1.165, 1.54) is 24.3 Å². The second kappa shape index (κ2) is 8.31. The van der Waals surface area contributed by atoms with E-state index in [0.717, 1.165) is 38.9 Å². The average Bonchev–Trinajstić information content (AvgIpc) is 3.18. The fourth-order valence-corrected chi connectivity index (χ4v) is 4.50. The Morgan fingerprint density at radius 3 is 2.73 bits per heavy atom. The molecule has 1 fully saturated rings. The molecule has 0 saturated carbocycles. The Kier molecular flexibility index (Phi) is 5.59. The molecule has 0 bridgehead atoms. The van der Waals surface area contributed by atoms with Crippen molar-refractivity contribution in [2.75, 3.05) is 26.7 Å². The zero-order valence-corrected chi connectivity index (χ0v) is 17.7. The van der Waals surface area contributed by atoms with Crippen LogP contribution in [0.3, 0.4) is 0 Å². The number of benzene rings is 1. The number of amidine groups is 1. The summed E-state index contributed by atoms with van der Waals surface area (Å²) in [5.74, 6) is 0.249. The molecule has 2 aromatic heterocycles. The molecule has 1 aromatic carbocycles. The Bertz CT molecular complexity index is 1140. The molecule has 1 aliphatic rings. The summed E-state index contributed by atoms with van der Waals surface area (Å²) in [6.07, 6.45) is 2.67. The van der Waals surface area contributed by atoms with Crippen LogP contribution in [-0.2, 0) is 6.42 Å². The molecule has 1 saturated heterocycles. The van der Waals surface area contributed by atoms with E-state index in [0.29, 0.717) is 25.2 Å². The molecule has 0 radical (unpaired) electrons. The molecule has 4 rings (SSSR count). The molecule has 0 atom stereocenters. The summed E-state index contributed by atoms with van der Waals surface area (Å²) >= 11 is 1.58. The van der Waals surface area contributed by atoms with Crippen molar-refractivity contribution in [1.82, 2.24) is 19.8 Å². The molecule has 0 N–H and O–H groups in total. The molecular weight excluding hydrogens is 401 g/mol. The number of rotatable bonds is 3. The quantitative estimate of drug-likeness (QED) is 0.476. The first kappa shape index (κ1) is 20.2. The Morgan fingerprint density at radius 1 is 1.30 bits per heavy atom. The first-order valence-corrected chi connectivity index (χ1v) is 10.5. The zero-order valence-electron chi connectivity index (χ0n) is 16.9. The Hall–Kier alpha value is -3.13. The maximum Gasteiger partial charge on any atom is 0.254 e. The minimum absolute atomic E-state index is 0.135. The van der Waals surface area contributed by atoms with Crippen molar-refractivity contribution < 1.29 is 9.18 Å². The molecule has 0 spiro atoms. The van der Waals surface area contributed by atoms with Crippen molar-refractivity contribution in [3.8, 4) is 0 Å². The van der Waals surface area contributed by atoms with Crippen molar-refractivity contribution in [2.24, 2.45) is 4.99 Å². The number of piperazine rings is 1. The Labute approximate surface area is 178 Å². The van der Waals surface area contributed by atoms with Gasteiger partial charge in [-0.15, -0.1) is 11.3 Å². The number of carbonyl (C=O) groups excluding carboxylic acids is 1. The van der Waals surface area contributed by atoms with Gasteiger partial charge in [-0.1, -0.05) is 13.5 Å². The van der Waals surface area contributed by atoms with Gasteiger partial charge in [-0.3, -0.25) is 14.8 Å². The second-order valence-corrected chi connectivity index (χ2v) is 8.05. The second-order valence-electron chi connectivity index (χ2n) is 7.01. The topological polar surface area (TPSA) is 61.7 Å². The normalized spacial score (nSPS) is 15.2. The van der Waals surface area contributed by atoms with Gasteiger partial charge in [0, 0.05) is 37.1 Å². The van der Waals surface area contributed by atoms with Crippen LogP contribution in [0.4, 0.5) is 4.39 Å². The van der Waals surface area contributed by atoms with Crippen LogP contribution in [0, 0.1) is 5.82 Å². The van der Waals surface area contributed by atoms with E-state index in [1.807, 2.05) is 4.90 Å². The van der Waals surface area contributed by atoms with E-state index in [4.69, 9.17) is 4.98 Å². The fraction of sp³-hybridized carbons (Fsp3) is 0.273. The number of carbonyl (C=O) groups is 1. The van der Waals surface area contributed by atoms with Gasteiger partial charge in [-0.25, -0.2) is 9.37 Å². The largest absolute Gasteiger partial charge is 0.331 e. The molecular formula is C22H22FN5OS. The summed E-state index contributed by atoms with van der Waals surface area (Å²) in [6.45, 7) is 7.70. The van der Waals surface area contributed by atoms with Crippen LogP contribution in [0.5, 0.6) is 0 Å². The van der Waals surface area contributed by atoms with Crippen molar-refractivity contribution in [2.45, 2.75) is 13.3 Å². The summed E-state index contributed by atoms with van der Waals surface area (Å²) < 4.78 is 14.2. The zero-order chi connectivity index (χ0) is 21.3. The molecule has 30 heavy (non-hydrogen) atoms. The number of amides is 1. The van der Waals surface area contributed by atoms with Gasteiger partial charge in [-0.05, 0) is 36.8 Å². The highest BCUT2D eigenvalue weighted by Crippen LogP contribution is 2.26. The van der Waals surface area contributed by atoms with Crippen LogP contribution in [-0.4, -0.2) is 58.2 Å². The minimum atomic E-state index is -0.360. The summed E-state index contributed by atoms with van der Waals surface area (Å²) in [7, 11) is 1.74. The molecule has 8 heteroatoms. The van der Waals surface area contributed by atoms with Crippen molar-refractivity contribution >= 4 is 33.3 Å². The predicted octanol–water partition coefficient (Wildman–Crippen LogP) is 3.74. The van der Waals surface area contributed by atoms with Crippen molar-refractivity contribution in [3.63, 3.8) is 0 Å². The standard InChI is InChI=1S/C22H22FN5OS/c1-4-17-11-19-18(12-25-17)26-21(30-19)20(24-3)28-10-9-27(13-14(28)2)22(29)15-5-7-16(23)8-6-15/h5-8,11-12H,2,4,9-10,13H2,1,3H3. The lowest BCUT2D eigenvalue weighted by Crippen LogP contribution is -2.49. The van der Waals surface area contributed by atoms with Gasteiger partial charge >= 0.3 is 0 Å². The van der Waals surface area contributed by atoms with Crippen LogP contribution >= 0.6 is 11.3 Å². The summed E-state index contributed by atoms with van der Waals surface area (Å²) in [5, 5.41) is 0.807. The molecule has 6 nitrogen and oxygen atoms in total. The molecule has 0 aliphatic carbocycles. The van der Waals surface area contributed by atoms with Gasteiger partial charge in [0.25, 0.3) is 5.91 Å². The molecule has 3 heterocycles. The molecule has 1 aliphatic heterocycles. The smallest absolute Gasteiger partial charge is 0.254 e. The van der Waals surface area contributed by atoms with Crippen LogP contribution in [0.1, 0.15) is 28.0 Å². The third-order valence-electron chi connectivity index (χ3n) is 5.08. The third kappa shape index (κ3) is 3.82. The van der Waals surface area contributed by atoms with Gasteiger partial charge < -0.3 is 9.80 Å². The van der Waals surface area contributed by atoms with Gasteiger partial charge in [0.05, 0.1) is 17.4 Å². The Morgan fingerprint density at radius 2 is 2.07 bits per heavy atom. The number of halogens is 1. The number of aromatic nitrogens is 2. The summed E-state index contributed by atoms with van der Waals surface area (Å²) in [4.78, 5) is 30.1. The van der Waals surface area contributed by atoms with Gasteiger partial charge in [0.15, 0.2) is 10.8 Å². The lowest BCUT2D eigenvalue weighted by molar-refractivity contribution is 0.0728. The first-order valence-electron chi connectivity index (χ1n) is 9.73. The summed E-state index contributed by atoms with van der Waals surface area (Å²) in [6, 6.07) is 7.67. The molecule has 154 valence electrons. The van der Waals surface area contributed by atoms with Gasteiger partial charge in [0.1, 0.15) is 11.3 Å². The van der Waals surface area contributed by atoms with Crippen molar-refractivity contribution in [3.05, 3.63) is 70.9 Å². The highest BCUT2D eigenvalue weighted by Gasteiger charge is 2.28. The van der Waals surface area contributed by atoms with E-state index < -0.39 is 0 Å². The first-order chi connectivity index (χ1) is 14.5. The number of aryl methyl sites for hydroxylation is 1. The van der Waals surface area contributed by atoms with E-state index in [2.05, 4.69) is 29.5 Å². The summed E-state index contributed by atoms with van der Waals surface area (Å²) in [5.41, 5.74) is 3.12. The number of nitrogens with zero attached hydrogens (tertiary/aromatic N) is 5. The number of fused-ring (bicyclic) bond motifs is 1. The lowest BCUT2D eigenvalue weighted by atomic mass is 10.1. The van der Waals surface area contributed by atoms with Gasteiger partial charge in [0.2, 0.25) is 0 Å². The highest BCUT2D eigenvalue weighted by molar-refractivity contribution is 7.20. The highest BCUT2D eigenvalue weighted by atomic mass is 32.1. The Balaban J connectivity index is 1.52. The van der Waals surface area contributed by atoms with E-state index >= 15 is 0 Å². The van der Waals surface area contributed by atoms with E-state index in [1.54, 1.807) is 29.5 Å². The molecule has 3 aromatic rings. The van der Waals surface area contributed by atoms with Crippen LogP contribution < -0.4 is 0 Å².